The van der Waals surface area contributed by atoms with Gasteiger partial charge in [0.25, 0.3) is 5.91 Å². The molecule has 1 aliphatic carbocycles. The van der Waals surface area contributed by atoms with Crippen molar-refractivity contribution in [2.75, 3.05) is 5.32 Å². The van der Waals surface area contributed by atoms with Crippen LogP contribution in [0, 0.1) is 5.95 Å². The first-order valence-corrected chi connectivity index (χ1v) is 9.24. The van der Waals surface area contributed by atoms with Crippen LogP contribution in [-0.4, -0.2) is 28.6 Å². The summed E-state index contributed by atoms with van der Waals surface area (Å²) in [5.41, 5.74) is 2.19. The van der Waals surface area contributed by atoms with Gasteiger partial charge < -0.3 is 15.4 Å². The Labute approximate surface area is 163 Å². The maximum Gasteiger partial charge on any atom is 0.407 e. The normalized spacial score (nSPS) is 16.1. The van der Waals surface area contributed by atoms with E-state index >= 15 is 0 Å². The molecule has 28 heavy (non-hydrogen) atoms. The number of alkyl carbamates (subject to hydrolysis) is 1. The van der Waals surface area contributed by atoms with E-state index in [4.69, 9.17) is 4.74 Å². The second kappa shape index (κ2) is 7.96. The Balaban J connectivity index is 1.63. The number of halogens is 1. The fourth-order valence-corrected chi connectivity index (χ4v) is 3.18. The van der Waals surface area contributed by atoms with Crippen LogP contribution in [0.2, 0.25) is 0 Å². The lowest BCUT2D eigenvalue weighted by Gasteiger charge is -2.27. The molecule has 2 amide bonds. The third-order valence-corrected chi connectivity index (χ3v) is 4.42. The fourth-order valence-electron chi connectivity index (χ4n) is 3.18. The third kappa shape index (κ3) is 5.06. The highest BCUT2D eigenvalue weighted by Crippen LogP contribution is 2.25. The van der Waals surface area contributed by atoms with Gasteiger partial charge >= 0.3 is 6.09 Å². The van der Waals surface area contributed by atoms with Gasteiger partial charge in [-0.05, 0) is 75.4 Å². The zero-order valence-electron chi connectivity index (χ0n) is 16.2. The zero-order chi connectivity index (χ0) is 20.3. The Morgan fingerprint density at radius 1 is 1.21 bits per heavy atom. The van der Waals surface area contributed by atoms with Crippen molar-refractivity contribution in [3.63, 3.8) is 0 Å². The van der Waals surface area contributed by atoms with E-state index < -0.39 is 23.5 Å². The number of carbonyl (C=O) groups is 2. The van der Waals surface area contributed by atoms with Gasteiger partial charge in [-0.2, -0.15) is 4.39 Å². The van der Waals surface area contributed by atoms with Crippen molar-refractivity contribution in [3.05, 3.63) is 59.2 Å². The van der Waals surface area contributed by atoms with Gasteiger partial charge in [0.1, 0.15) is 5.60 Å². The molecule has 1 unspecified atom stereocenters. The molecule has 0 saturated carbocycles. The third-order valence-electron chi connectivity index (χ3n) is 4.42. The molecule has 0 radical (unpaired) electrons. The number of carbonyl (C=O) groups excluding carboxylic acids is 2. The van der Waals surface area contributed by atoms with E-state index in [1.165, 1.54) is 18.3 Å². The zero-order valence-corrected chi connectivity index (χ0v) is 16.2. The van der Waals surface area contributed by atoms with E-state index in [1.807, 2.05) is 32.9 Å². The van der Waals surface area contributed by atoms with Crippen molar-refractivity contribution in [2.24, 2.45) is 0 Å². The standard InChI is InChI=1S/C21H24FN3O3/c1-21(2,3)28-20(27)25-16-9-7-13-11-15(8-6-14(13)12-16)24-19(26)17-5-4-10-23-18(17)22/h4-6,8,10-11,16H,7,9,12H2,1-3H3,(H,24,26)(H,25,27). The van der Waals surface area contributed by atoms with Crippen molar-refractivity contribution in [1.82, 2.24) is 10.3 Å². The van der Waals surface area contributed by atoms with Gasteiger partial charge in [-0.15, -0.1) is 0 Å². The minimum atomic E-state index is -0.797. The molecule has 1 atom stereocenters. The Bertz CT molecular complexity index is 893. The van der Waals surface area contributed by atoms with Gasteiger partial charge in [-0.3, -0.25) is 4.79 Å². The molecule has 0 bridgehead atoms. The number of rotatable bonds is 3. The number of fused-ring (bicyclic) bond motifs is 1. The second-order valence-electron chi connectivity index (χ2n) is 7.87. The molecule has 1 aromatic carbocycles. The van der Waals surface area contributed by atoms with Crippen LogP contribution in [0.3, 0.4) is 0 Å². The van der Waals surface area contributed by atoms with Gasteiger partial charge in [0.2, 0.25) is 5.95 Å². The average molecular weight is 385 g/mol. The molecule has 0 fully saturated rings. The van der Waals surface area contributed by atoms with E-state index in [0.29, 0.717) is 12.1 Å². The lowest BCUT2D eigenvalue weighted by molar-refractivity contribution is 0.0500. The van der Waals surface area contributed by atoms with Gasteiger partial charge in [0.15, 0.2) is 0 Å². The summed E-state index contributed by atoms with van der Waals surface area (Å²) in [6, 6.07) is 8.51. The number of benzene rings is 1. The molecule has 1 heterocycles. The molecule has 3 rings (SSSR count). The number of hydrogen-bond donors (Lipinski definition) is 2. The topological polar surface area (TPSA) is 80.3 Å². The van der Waals surface area contributed by atoms with Crippen LogP contribution in [0.4, 0.5) is 14.9 Å². The first kappa shape index (κ1) is 19.8. The summed E-state index contributed by atoms with van der Waals surface area (Å²) in [6.07, 6.45) is 3.12. The SMILES string of the molecule is CC(C)(C)OC(=O)NC1CCc2cc(NC(=O)c3cccnc3F)ccc2C1. The Kier molecular flexibility index (Phi) is 5.63. The molecule has 148 valence electrons. The fraction of sp³-hybridized carbons (Fsp3) is 0.381. The number of hydrogen-bond acceptors (Lipinski definition) is 4. The maximum atomic E-state index is 13.6. The van der Waals surface area contributed by atoms with Crippen molar-refractivity contribution in [3.8, 4) is 0 Å². The summed E-state index contributed by atoms with van der Waals surface area (Å²) in [6.45, 7) is 5.49. The predicted octanol–water partition coefficient (Wildman–Crippen LogP) is 3.86. The Morgan fingerprint density at radius 3 is 2.71 bits per heavy atom. The average Bonchev–Trinajstić information content (AvgIpc) is 2.60. The monoisotopic (exact) mass is 385 g/mol. The van der Waals surface area contributed by atoms with Crippen molar-refractivity contribution < 1.29 is 18.7 Å². The minimum Gasteiger partial charge on any atom is -0.444 e. The number of nitrogens with zero attached hydrogens (tertiary/aromatic N) is 1. The highest BCUT2D eigenvalue weighted by atomic mass is 19.1. The molecule has 2 N–H and O–H groups in total. The van der Waals surface area contributed by atoms with E-state index in [9.17, 15) is 14.0 Å². The number of pyridine rings is 1. The molecule has 6 nitrogen and oxygen atoms in total. The first-order valence-electron chi connectivity index (χ1n) is 9.24. The van der Waals surface area contributed by atoms with Crippen molar-refractivity contribution in [1.29, 1.82) is 0 Å². The number of aromatic nitrogens is 1. The first-order chi connectivity index (χ1) is 13.2. The number of nitrogens with one attached hydrogen (secondary N) is 2. The molecular formula is C21H24FN3O3. The van der Waals surface area contributed by atoms with Gasteiger partial charge in [0, 0.05) is 17.9 Å². The molecule has 0 aliphatic heterocycles. The summed E-state index contributed by atoms with van der Waals surface area (Å²) in [4.78, 5) is 27.7. The van der Waals surface area contributed by atoms with E-state index in [0.717, 1.165) is 24.0 Å². The highest BCUT2D eigenvalue weighted by Gasteiger charge is 2.23. The van der Waals surface area contributed by atoms with Crippen LogP contribution >= 0.6 is 0 Å². The van der Waals surface area contributed by atoms with Crippen LogP contribution in [0.15, 0.2) is 36.5 Å². The molecule has 0 saturated heterocycles. The molecule has 1 aromatic heterocycles. The van der Waals surface area contributed by atoms with Gasteiger partial charge in [-0.25, -0.2) is 9.78 Å². The Hall–Kier alpha value is -2.96. The minimum absolute atomic E-state index is 0.00674. The van der Waals surface area contributed by atoms with Crippen LogP contribution in [0.1, 0.15) is 48.7 Å². The van der Waals surface area contributed by atoms with Crippen molar-refractivity contribution >= 4 is 17.7 Å². The van der Waals surface area contributed by atoms with Gasteiger partial charge in [-0.1, -0.05) is 6.07 Å². The lowest BCUT2D eigenvalue weighted by atomic mass is 9.88. The predicted molar refractivity (Wildman–Crippen MR) is 104 cm³/mol. The number of ether oxygens (including phenoxy) is 1. The molecular weight excluding hydrogens is 361 g/mol. The van der Waals surface area contributed by atoms with Crippen LogP contribution in [-0.2, 0) is 17.6 Å². The van der Waals surface area contributed by atoms with E-state index in [-0.39, 0.29) is 11.6 Å². The molecule has 0 spiro atoms. The van der Waals surface area contributed by atoms with E-state index in [2.05, 4.69) is 15.6 Å². The summed E-state index contributed by atoms with van der Waals surface area (Å²) in [5.74, 6) is -1.33. The number of amides is 2. The summed E-state index contributed by atoms with van der Waals surface area (Å²) in [5, 5.41) is 5.62. The highest BCUT2D eigenvalue weighted by molar-refractivity contribution is 6.04. The molecule has 1 aliphatic rings. The molecule has 7 heteroatoms. The van der Waals surface area contributed by atoms with Crippen LogP contribution in [0.5, 0.6) is 0 Å². The summed E-state index contributed by atoms with van der Waals surface area (Å²) < 4.78 is 19.0. The largest absolute Gasteiger partial charge is 0.444 e. The van der Waals surface area contributed by atoms with Gasteiger partial charge in [0.05, 0.1) is 5.56 Å². The van der Waals surface area contributed by atoms with E-state index in [1.54, 1.807) is 6.07 Å². The number of anilines is 1. The lowest BCUT2D eigenvalue weighted by Crippen LogP contribution is -2.41. The van der Waals surface area contributed by atoms with Crippen LogP contribution < -0.4 is 10.6 Å². The quantitative estimate of drug-likeness (QED) is 0.787. The Morgan fingerprint density at radius 2 is 2.00 bits per heavy atom. The summed E-state index contributed by atoms with van der Waals surface area (Å²) >= 11 is 0. The second-order valence-corrected chi connectivity index (χ2v) is 7.87. The van der Waals surface area contributed by atoms with Crippen molar-refractivity contribution in [2.45, 2.75) is 51.7 Å². The number of aryl methyl sites for hydroxylation is 1. The maximum absolute atomic E-state index is 13.6. The van der Waals surface area contributed by atoms with Crippen LogP contribution in [0.25, 0.3) is 0 Å². The smallest absolute Gasteiger partial charge is 0.407 e. The summed E-state index contributed by atoms with van der Waals surface area (Å²) in [7, 11) is 0. The molecule has 2 aromatic rings.